The molecule has 0 radical (unpaired) electrons. The van der Waals surface area contributed by atoms with E-state index < -0.39 is 4.92 Å². The smallest absolute Gasteiger partial charge is 0.272 e. The van der Waals surface area contributed by atoms with Gasteiger partial charge in [-0.15, -0.1) is 0 Å². The topological polar surface area (TPSA) is 67.6 Å². The molecule has 0 saturated carbocycles. The first-order chi connectivity index (χ1) is 9.97. The Balaban J connectivity index is 2.03. The van der Waals surface area contributed by atoms with Gasteiger partial charge in [0.05, 0.1) is 33.9 Å². The van der Waals surface area contributed by atoms with Crippen molar-refractivity contribution in [2.45, 2.75) is 13.0 Å². The second kappa shape index (κ2) is 7.26. The van der Waals surface area contributed by atoms with Gasteiger partial charge in [-0.25, -0.2) is 0 Å². The SMILES string of the molecule is CC(CN1CCOCC1)Nc1c(Cl)cc([N+](=O)[O-])cc1Cl. The van der Waals surface area contributed by atoms with E-state index in [2.05, 4.69) is 10.2 Å². The van der Waals surface area contributed by atoms with Crippen LogP contribution in [-0.2, 0) is 4.74 Å². The van der Waals surface area contributed by atoms with Crippen LogP contribution in [0.15, 0.2) is 12.1 Å². The first-order valence-corrected chi connectivity index (χ1v) is 7.43. The molecule has 1 heterocycles. The Morgan fingerprint density at radius 3 is 2.48 bits per heavy atom. The Morgan fingerprint density at radius 1 is 1.38 bits per heavy atom. The van der Waals surface area contributed by atoms with Crippen molar-refractivity contribution in [1.29, 1.82) is 0 Å². The average molecular weight is 334 g/mol. The van der Waals surface area contributed by atoms with Crippen LogP contribution in [0, 0.1) is 10.1 Å². The summed E-state index contributed by atoms with van der Waals surface area (Å²) in [6, 6.07) is 2.72. The van der Waals surface area contributed by atoms with Gasteiger partial charge in [0.25, 0.3) is 5.69 Å². The van der Waals surface area contributed by atoms with Gasteiger partial charge in [-0.2, -0.15) is 0 Å². The number of nitrogens with zero attached hydrogens (tertiary/aromatic N) is 2. The predicted octanol–water partition coefficient (Wildman–Crippen LogP) is 3.03. The van der Waals surface area contributed by atoms with Crippen LogP contribution in [0.4, 0.5) is 11.4 Å². The molecule has 1 aliphatic rings. The van der Waals surface area contributed by atoms with Gasteiger partial charge in [0.2, 0.25) is 0 Å². The van der Waals surface area contributed by atoms with Crippen molar-refractivity contribution >= 4 is 34.6 Å². The van der Waals surface area contributed by atoms with E-state index in [0.717, 1.165) is 32.8 Å². The van der Waals surface area contributed by atoms with Gasteiger partial charge in [-0.05, 0) is 6.92 Å². The minimum atomic E-state index is -0.515. The number of anilines is 1. The fourth-order valence-electron chi connectivity index (χ4n) is 2.27. The minimum absolute atomic E-state index is 0.111. The predicted molar refractivity (Wildman–Crippen MR) is 83.5 cm³/mol. The summed E-state index contributed by atoms with van der Waals surface area (Å²) in [6.07, 6.45) is 0. The van der Waals surface area contributed by atoms with E-state index >= 15 is 0 Å². The Labute approximate surface area is 133 Å². The van der Waals surface area contributed by atoms with E-state index in [9.17, 15) is 10.1 Å². The molecule has 1 aliphatic heterocycles. The molecule has 21 heavy (non-hydrogen) atoms. The number of morpholine rings is 1. The normalized spacial score (nSPS) is 17.5. The van der Waals surface area contributed by atoms with Crippen molar-refractivity contribution < 1.29 is 9.66 Å². The zero-order valence-corrected chi connectivity index (χ0v) is 13.2. The lowest BCUT2D eigenvalue weighted by Gasteiger charge is -2.30. The fraction of sp³-hybridized carbons (Fsp3) is 0.538. The maximum absolute atomic E-state index is 10.8. The standard InChI is InChI=1S/C13H17Cl2N3O3/c1-9(8-17-2-4-21-5-3-17)16-13-11(14)6-10(18(19)20)7-12(13)15/h6-7,9,16H,2-5,8H2,1H3. The van der Waals surface area contributed by atoms with Crippen LogP contribution in [0.2, 0.25) is 10.0 Å². The fourth-order valence-corrected chi connectivity index (χ4v) is 2.85. The molecular formula is C13H17Cl2N3O3. The molecule has 1 atom stereocenters. The van der Waals surface area contributed by atoms with Crippen molar-refractivity contribution in [3.05, 3.63) is 32.3 Å². The molecule has 1 aromatic carbocycles. The Kier molecular flexibility index (Phi) is 5.64. The van der Waals surface area contributed by atoms with Crippen LogP contribution in [0.5, 0.6) is 0 Å². The van der Waals surface area contributed by atoms with Crippen molar-refractivity contribution in [1.82, 2.24) is 4.90 Å². The molecule has 0 aromatic heterocycles. The molecule has 0 spiro atoms. The van der Waals surface area contributed by atoms with Crippen LogP contribution in [0.25, 0.3) is 0 Å². The molecule has 1 N–H and O–H groups in total. The Hall–Kier alpha value is -1.08. The van der Waals surface area contributed by atoms with Crippen molar-refractivity contribution in [2.75, 3.05) is 38.2 Å². The van der Waals surface area contributed by atoms with Crippen LogP contribution >= 0.6 is 23.2 Å². The van der Waals surface area contributed by atoms with E-state index in [-0.39, 0.29) is 21.8 Å². The first kappa shape index (κ1) is 16.3. The third-order valence-electron chi connectivity index (χ3n) is 3.26. The van der Waals surface area contributed by atoms with Gasteiger partial charge >= 0.3 is 0 Å². The van der Waals surface area contributed by atoms with Gasteiger partial charge in [0.15, 0.2) is 0 Å². The molecule has 6 nitrogen and oxygen atoms in total. The molecule has 1 unspecified atom stereocenters. The van der Waals surface area contributed by atoms with Gasteiger partial charge in [-0.3, -0.25) is 15.0 Å². The first-order valence-electron chi connectivity index (χ1n) is 6.67. The van der Waals surface area contributed by atoms with Crippen molar-refractivity contribution in [3.63, 3.8) is 0 Å². The number of nitrogens with one attached hydrogen (secondary N) is 1. The summed E-state index contributed by atoms with van der Waals surface area (Å²) < 4.78 is 5.31. The number of rotatable bonds is 5. The quantitative estimate of drug-likeness (QED) is 0.662. The number of hydrogen-bond donors (Lipinski definition) is 1. The van der Waals surface area contributed by atoms with E-state index in [1.807, 2.05) is 6.92 Å². The number of non-ortho nitro benzene ring substituents is 1. The molecule has 2 rings (SSSR count). The monoisotopic (exact) mass is 333 g/mol. The highest BCUT2D eigenvalue weighted by Gasteiger charge is 2.18. The number of nitro benzene ring substituents is 1. The van der Waals surface area contributed by atoms with E-state index in [1.165, 1.54) is 12.1 Å². The summed E-state index contributed by atoms with van der Waals surface area (Å²) in [6.45, 7) is 6.12. The molecule has 116 valence electrons. The number of hydrogen-bond acceptors (Lipinski definition) is 5. The third-order valence-corrected chi connectivity index (χ3v) is 3.86. The molecule has 1 aromatic rings. The summed E-state index contributed by atoms with van der Waals surface area (Å²) in [5, 5.41) is 14.5. The summed E-state index contributed by atoms with van der Waals surface area (Å²) >= 11 is 12.2. The molecule has 0 amide bonds. The highest BCUT2D eigenvalue weighted by molar-refractivity contribution is 6.39. The molecule has 1 fully saturated rings. The van der Waals surface area contributed by atoms with Crippen LogP contribution < -0.4 is 5.32 Å². The maximum atomic E-state index is 10.8. The number of ether oxygens (including phenoxy) is 1. The lowest BCUT2D eigenvalue weighted by Crippen LogP contribution is -2.42. The zero-order valence-electron chi connectivity index (χ0n) is 11.6. The number of benzene rings is 1. The van der Waals surface area contributed by atoms with Gasteiger partial charge in [0, 0.05) is 37.8 Å². The summed E-state index contributed by atoms with van der Waals surface area (Å²) in [4.78, 5) is 12.5. The lowest BCUT2D eigenvalue weighted by molar-refractivity contribution is -0.384. The van der Waals surface area contributed by atoms with Gasteiger partial charge in [0.1, 0.15) is 0 Å². The van der Waals surface area contributed by atoms with Crippen molar-refractivity contribution in [2.24, 2.45) is 0 Å². The maximum Gasteiger partial charge on any atom is 0.272 e. The molecule has 0 aliphatic carbocycles. The van der Waals surface area contributed by atoms with Gasteiger partial charge < -0.3 is 10.1 Å². The van der Waals surface area contributed by atoms with Crippen LogP contribution in [0.1, 0.15) is 6.92 Å². The molecule has 0 bridgehead atoms. The summed E-state index contributed by atoms with van der Waals surface area (Å²) in [5.74, 6) is 0. The Bertz CT molecular complexity index is 498. The van der Waals surface area contributed by atoms with E-state index in [4.69, 9.17) is 27.9 Å². The molecular weight excluding hydrogens is 317 g/mol. The number of nitro groups is 1. The second-order valence-corrected chi connectivity index (χ2v) is 5.81. The van der Waals surface area contributed by atoms with Crippen LogP contribution in [0.3, 0.4) is 0 Å². The Morgan fingerprint density at radius 2 is 1.95 bits per heavy atom. The minimum Gasteiger partial charge on any atom is -0.379 e. The van der Waals surface area contributed by atoms with Gasteiger partial charge in [-0.1, -0.05) is 23.2 Å². The lowest BCUT2D eigenvalue weighted by atomic mass is 10.2. The largest absolute Gasteiger partial charge is 0.379 e. The molecule has 1 saturated heterocycles. The highest BCUT2D eigenvalue weighted by atomic mass is 35.5. The zero-order chi connectivity index (χ0) is 15.4. The average Bonchev–Trinajstić information content (AvgIpc) is 2.43. The summed E-state index contributed by atoms with van der Waals surface area (Å²) in [5.41, 5.74) is 0.418. The summed E-state index contributed by atoms with van der Waals surface area (Å²) in [7, 11) is 0. The highest BCUT2D eigenvalue weighted by Crippen LogP contribution is 2.35. The van der Waals surface area contributed by atoms with E-state index in [0.29, 0.717) is 5.69 Å². The number of halogens is 2. The van der Waals surface area contributed by atoms with E-state index in [1.54, 1.807) is 0 Å². The van der Waals surface area contributed by atoms with Crippen molar-refractivity contribution in [3.8, 4) is 0 Å². The second-order valence-electron chi connectivity index (χ2n) is 5.00. The third kappa shape index (κ3) is 4.44. The molecule has 8 heteroatoms. The van der Waals surface area contributed by atoms with Crippen LogP contribution in [-0.4, -0.2) is 48.7 Å².